The molecule has 0 spiro atoms. The van der Waals surface area contributed by atoms with Gasteiger partial charge in [0.05, 0.1) is 29.8 Å². The summed E-state index contributed by atoms with van der Waals surface area (Å²) in [7, 11) is 1.55. The van der Waals surface area contributed by atoms with Gasteiger partial charge in [-0.3, -0.25) is 18.9 Å². The van der Waals surface area contributed by atoms with Crippen LogP contribution in [0.25, 0.3) is 0 Å². The Morgan fingerprint density at radius 1 is 0.844 bits per heavy atom. The smallest absolute Gasteiger partial charge is 0.387 e. The van der Waals surface area contributed by atoms with Gasteiger partial charge in [0.2, 0.25) is 11.8 Å². The van der Waals surface area contributed by atoms with E-state index in [1.807, 2.05) is 0 Å². The minimum Gasteiger partial charge on any atom is -0.387 e. The molecule has 2 aromatic carbocycles. The van der Waals surface area contributed by atoms with Crippen LogP contribution in [0.3, 0.4) is 0 Å². The third-order valence-electron chi connectivity index (χ3n) is 8.92. The molecule has 2 fully saturated rings. The van der Waals surface area contributed by atoms with E-state index in [2.05, 4.69) is 0 Å². The van der Waals surface area contributed by atoms with Gasteiger partial charge in [-0.25, -0.2) is 9.89 Å². The fraction of sp³-hybridized carbons (Fsp3) is 0.484. The second-order valence-corrected chi connectivity index (χ2v) is 12.0. The van der Waals surface area contributed by atoms with Crippen molar-refractivity contribution in [2.45, 2.75) is 56.7 Å². The number of carbonyl (C=O) groups is 3. The number of amides is 3. The van der Waals surface area contributed by atoms with Crippen molar-refractivity contribution in [3.05, 3.63) is 65.7 Å². The average molecular weight is 640 g/mol. The Balaban J connectivity index is 1.56. The number of aliphatic hydroxyl groups is 1. The van der Waals surface area contributed by atoms with E-state index in [-0.39, 0.29) is 19.5 Å². The predicted molar refractivity (Wildman–Crippen MR) is 151 cm³/mol. The molecule has 0 saturated carbocycles. The van der Waals surface area contributed by atoms with Gasteiger partial charge < -0.3 is 10.0 Å². The van der Waals surface area contributed by atoms with Gasteiger partial charge in [0.25, 0.3) is 6.17 Å². The first kappa shape index (κ1) is 32.6. The van der Waals surface area contributed by atoms with Crippen LogP contribution in [-0.2, 0) is 14.4 Å². The molecule has 5 atom stereocenters. The summed E-state index contributed by atoms with van der Waals surface area (Å²) < 4.78 is 78.4. The van der Waals surface area contributed by atoms with Gasteiger partial charge in [-0.15, -0.1) is 0 Å². The first-order chi connectivity index (χ1) is 21.1. The van der Waals surface area contributed by atoms with Gasteiger partial charge in [-0.2, -0.15) is 26.3 Å². The van der Waals surface area contributed by atoms with Crippen molar-refractivity contribution in [3.8, 4) is 0 Å². The second kappa shape index (κ2) is 12.2. The summed E-state index contributed by atoms with van der Waals surface area (Å²) >= 11 is 0. The molecule has 0 aliphatic carbocycles. The zero-order valence-electron chi connectivity index (χ0n) is 24.4. The molecule has 2 aromatic rings. The highest BCUT2D eigenvalue weighted by Gasteiger charge is 2.56. The number of carbonyl (C=O) groups excluding carboxylic acids is 3. The van der Waals surface area contributed by atoms with Crippen molar-refractivity contribution < 1.29 is 50.3 Å². The molecule has 2 unspecified atom stereocenters. The minimum atomic E-state index is -4.69. The van der Waals surface area contributed by atoms with Crippen molar-refractivity contribution in [2.24, 2.45) is 16.8 Å². The van der Waals surface area contributed by atoms with E-state index in [4.69, 9.17) is 4.99 Å². The van der Waals surface area contributed by atoms with E-state index in [1.165, 1.54) is 4.90 Å². The molecule has 2 saturated heterocycles. The van der Waals surface area contributed by atoms with Gasteiger partial charge in [0.1, 0.15) is 12.6 Å². The molecule has 45 heavy (non-hydrogen) atoms. The van der Waals surface area contributed by atoms with Gasteiger partial charge >= 0.3 is 18.3 Å². The number of aliphatic imine (C=N–C) groups is 1. The molecule has 14 heteroatoms. The number of hydrogen-bond donors (Lipinski definition) is 1. The van der Waals surface area contributed by atoms with E-state index in [9.17, 15) is 45.8 Å². The highest BCUT2D eigenvalue weighted by atomic mass is 19.4. The molecular formula is C31H33F6N4O4+. The third kappa shape index (κ3) is 6.76. The van der Waals surface area contributed by atoms with Gasteiger partial charge in [-0.05, 0) is 18.9 Å². The Bertz CT molecular complexity index is 1440. The number of rotatable bonds is 8. The molecule has 8 nitrogen and oxygen atoms in total. The molecule has 3 aliphatic rings. The Morgan fingerprint density at radius 3 is 1.93 bits per heavy atom. The molecule has 1 N–H and O–H groups in total. The van der Waals surface area contributed by atoms with Crippen LogP contribution in [0.4, 0.5) is 32.0 Å². The summed E-state index contributed by atoms with van der Waals surface area (Å²) in [5.74, 6) is -5.74. The van der Waals surface area contributed by atoms with Crippen molar-refractivity contribution >= 4 is 29.1 Å². The first-order valence-corrected chi connectivity index (χ1v) is 14.6. The summed E-state index contributed by atoms with van der Waals surface area (Å²) in [6.45, 7) is -0.583. The van der Waals surface area contributed by atoms with Crippen LogP contribution in [0.2, 0.25) is 0 Å². The van der Waals surface area contributed by atoms with E-state index < -0.39 is 91.0 Å². The maximum atomic E-state index is 14.2. The quantitative estimate of drug-likeness (QED) is 0.259. The molecule has 3 amide bonds. The SMILES string of the molecule is CN1C(=O)[C@H]([N+]2(CN3C(=O)[C@@H](CCC(F)(F)F)[C@@H](CCC(F)(F)F)C3=O)CCC(O)C2)N=C(c2ccccc2)c2ccccc21. The number of quaternary nitrogens is 1. The lowest BCUT2D eigenvalue weighted by atomic mass is 9.87. The molecular weight excluding hydrogens is 606 g/mol. The Morgan fingerprint density at radius 2 is 1.40 bits per heavy atom. The molecule has 242 valence electrons. The first-order valence-electron chi connectivity index (χ1n) is 14.6. The maximum absolute atomic E-state index is 14.2. The summed E-state index contributed by atoms with van der Waals surface area (Å²) in [5.41, 5.74) is 2.28. The predicted octanol–water partition coefficient (Wildman–Crippen LogP) is 4.65. The number of nitrogens with zero attached hydrogens (tertiary/aromatic N) is 4. The van der Waals surface area contributed by atoms with Crippen LogP contribution >= 0.6 is 0 Å². The zero-order valence-corrected chi connectivity index (χ0v) is 24.4. The Hall–Kier alpha value is -3.78. The van der Waals surface area contributed by atoms with Crippen LogP contribution < -0.4 is 4.90 Å². The number of likely N-dealkylation sites (N-methyl/N-ethyl adjacent to an activating group) is 1. The number of para-hydroxylation sites is 1. The molecule has 0 radical (unpaired) electrons. The van der Waals surface area contributed by atoms with Crippen molar-refractivity contribution in [2.75, 3.05) is 31.7 Å². The molecule has 5 rings (SSSR count). The zero-order chi connectivity index (χ0) is 32.7. The van der Waals surface area contributed by atoms with E-state index in [1.54, 1.807) is 61.6 Å². The number of fused-ring (bicyclic) bond motifs is 1. The molecule has 3 aliphatic heterocycles. The monoisotopic (exact) mass is 639 g/mol. The highest BCUT2D eigenvalue weighted by molar-refractivity contribution is 6.19. The standard InChI is InChI=1S/C31H33F6N4O4/c1-39-24-10-6-5-9-23(24)25(19-7-3-2-4-8-19)38-26(29(39)45)41(16-13-20(42)17-41)18-40-27(43)21(11-14-30(32,33)34)22(28(40)44)12-15-31(35,36)37/h2-10,20-22,26,42H,11-18H2,1H3/q+1/t20?,21-,22+,26-,41?/m0/s1. The van der Waals surface area contributed by atoms with E-state index in [0.717, 1.165) is 0 Å². The fourth-order valence-corrected chi connectivity index (χ4v) is 6.69. The summed E-state index contributed by atoms with van der Waals surface area (Å²) in [5, 5.41) is 10.7. The number of alkyl halides is 6. The largest absolute Gasteiger partial charge is 0.389 e. The number of likely N-dealkylation sites (tertiary alicyclic amines) is 2. The summed E-state index contributed by atoms with van der Waals surface area (Å²) in [4.78, 5) is 48.4. The van der Waals surface area contributed by atoms with Crippen molar-refractivity contribution in [1.29, 1.82) is 0 Å². The topological polar surface area (TPSA) is 90.3 Å². The number of imide groups is 1. The number of hydrogen-bond acceptors (Lipinski definition) is 5. The van der Waals surface area contributed by atoms with E-state index >= 15 is 0 Å². The average Bonchev–Trinajstić information content (AvgIpc) is 3.42. The number of halogens is 6. The van der Waals surface area contributed by atoms with Crippen molar-refractivity contribution in [1.82, 2.24) is 4.90 Å². The Kier molecular flexibility index (Phi) is 8.84. The van der Waals surface area contributed by atoms with Gasteiger partial charge in [-0.1, -0.05) is 48.5 Å². The Labute approximate surface area is 255 Å². The van der Waals surface area contributed by atoms with Crippen LogP contribution in [0.15, 0.2) is 59.6 Å². The van der Waals surface area contributed by atoms with Gasteiger partial charge in [0.15, 0.2) is 6.67 Å². The normalized spacial score (nSPS) is 27.6. The number of anilines is 1. The van der Waals surface area contributed by atoms with Gasteiger partial charge in [0, 0.05) is 37.4 Å². The van der Waals surface area contributed by atoms with Crippen LogP contribution in [0.5, 0.6) is 0 Å². The second-order valence-electron chi connectivity index (χ2n) is 12.0. The van der Waals surface area contributed by atoms with E-state index in [0.29, 0.717) is 27.4 Å². The highest BCUT2D eigenvalue weighted by Crippen LogP contribution is 2.40. The third-order valence-corrected chi connectivity index (χ3v) is 8.92. The lowest BCUT2D eigenvalue weighted by molar-refractivity contribution is -0.938. The molecule has 0 bridgehead atoms. The summed E-state index contributed by atoms with van der Waals surface area (Å²) in [6.07, 6.45) is -16.0. The molecule has 3 heterocycles. The van der Waals surface area contributed by atoms with Crippen LogP contribution in [0.1, 0.15) is 43.2 Å². The van der Waals surface area contributed by atoms with Crippen LogP contribution in [0, 0.1) is 11.8 Å². The minimum absolute atomic E-state index is 0.0742. The van der Waals surface area contributed by atoms with Crippen LogP contribution in [-0.4, -0.2) is 89.4 Å². The number of benzene rings is 2. The lowest BCUT2D eigenvalue weighted by Crippen LogP contribution is -2.63. The lowest BCUT2D eigenvalue weighted by Gasteiger charge is -2.41. The maximum Gasteiger partial charge on any atom is 0.389 e. The van der Waals surface area contributed by atoms with Crippen molar-refractivity contribution in [3.63, 3.8) is 0 Å². The molecule has 0 aromatic heterocycles. The summed E-state index contributed by atoms with van der Waals surface area (Å²) in [6, 6.07) is 16.1. The number of aliphatic hydroxyl groups excluding tert-OH is 1. The number of benzodiazepines with no additional fused rings is 1. The fourth-order valence-electron chi connectivity index (χ4n) is 6.69.